The van der Waals surface area contributed by atoms with Crippen LogP contribution in [0.25, 0.3) is 72.1 Å². The largest absolute Gasteiger partial charge is 0.312 e. The summed E-state index contributed by atoms with van der Waals surface area (Å²) >= 11 is 0. The molecule has 63 heavy (non-hydrogen) atoms. The van der Waals surface area contributed by atoms with Crippen LogP contribution in [0.1, 0.15) is 56.5 Å². The van der Waals surface area contributed by atoms with Gasteiger partial charge in [0.15, 0.2) is 0 Å². The average molecular weight is 812 g/mol. The fourth-order valence-electron chi connectivity index (χ4n) is 10.6. The summed E-state index contributed by atoms with van der Waals surface area (Å²) in [6.07, 6.45) is 8.36. The number of benzene rings is 7. The molecule has 0 spiro atoms. The third-order valence-corrected chi connectivity index (χ3v) is 13.6. The molecule has 2 aromatic heterocycles. The Morgan fingerprint density at radius 1 is 0.698 bits per heavy atom. The Morgan fingerprint density at radius 2 is 1.40 bits per heavy atom. The lowest BCUT2D eigenvalue weighted by molar-refractivity contribution is 0.661. The average Bonchev–Trinajstić information content (AvgIpc) is 3.93. The van der Waals surface area contributed by atoms with Crippen LogP contribution in [0.15, 0.2) is 169 Å². The molecule has 1 atom stereocenters. The van der Waals surface area contributed by atoms with Crippen LogP contribution < -0.4 is 4.90 Å². The normalized spacial score (nSPS) is 14.9. The van der Waals surface area contributed by atoms with Crippen LogP contribution >= 0.6 is 0 Å². The second kappa shape index (κ2) is 14.7. The molecule has 0 amide bonds. The zero-order valence-corrected chi connectivity index (χ0v) is 35.9. The van der Waals surface area contributed by atoms with Crippen LogP contribution in [0.4, 0.5) is 17.1 Å². The maximum absolute atomic E-state index is 11.3. The first kappa shape index (κ1) is 38.1. The highest BCUT2D eigenvalue weighted by Gasteiger charge is 2.38. The number of para-hydroxylation sites is 2. The smallest absolute Gasteiger partial charge is 0.101 e. The molecule has 2 aliphatic rings. The molecule has 1 unspecified atom stereocenters. The Balaban J connectivity index is 1.22. The van der Waals surface area contributed by atoms with Gasteiger partial charge in [-0.1, -0.05) is 123 Å². The van der Waals surface area contributed by atoms with Gasteiger partial charge in [0, 0.05) is 61.3 Å². The third kappa shape index (κ3) is 5.74. The van der Waals surface area contributed by atoms with Crippen LogP contribution in [0.2, 0.25) is 0 Å². The van der Waals surface area contributed by atoms with Crippen molar-refractivity contribution in [3.05, 3.63) is 192 Å². The van der Waals surface area contributed by atoms with E-state index in [1.54, 1.807) is 0 Å². The van der Waals surface area contributed by atoms with Gasteiger partial charge in [0.1, 0.15) is 6.07 Å². The quantitative estimate of drug-likeness (QED) is 0.119. The van der Waals surface area contributed by atoms with Crippen molar-refractivity contribution in [1.29, 1.82) is 10.5 Å². The van der Waals surface area contributed by atoms with Crippen molar-refractivity contribution >= 4 is 78.0 Å². The second-order valence-corrected chi connectivity index (χ2v) is 17.5. The monoisotopic (exact) mass is 811 g/mol. The summed E-state index contributed by atoms with van der Waals surface area (Å²) < 4.78 is 4.57. The predicted molar refractivity (Wildman–Crippen MR) is 262 cm³/mol. The minimum Gasteiger partial charge on any atom is -0.312 e. The molecule has 302 valence electrons. The number of hydrogen-bond donors (Lipinski definition) is 0. The number of rotatable bonds is 7. The number of allylic oxidation sites excluding steroid dienone is 5. The molecule has 5 heteroatoms. The van der Waals surface area contributed by atoms with E-state index in [1.807, 2.05) is 25.1 Å². The lowest BCUT2D eigenvalue weighted by atomic mass is 9.82. The van der Waals surface area contributed by atoms with Gasteiger partial charge in [-0.25, -0.2) is 0 Å². The standard InChI is InChI=1S/C58H45N5/c1-37(35-59)54(33-40(36-60)38(2)61-51-26-16-14-24-47(51)55-44-22-12-11-17-39(44)27-31-53(55)61)63-52-32-28-43(62(41-18-7-5-8-19-41)42-20-9-6-10-21-42)34-48(52)45-29-30-50-56(57(45)63)46-23-13-15-25-49(46)58(50,3)4/h5-13,15-23,25-34,37H,14,24H2,1-4H3/b40-38-,54-33+. The van der Waals surface area contributed by atoms with Gasteiger partial charge in [0.2, 0.25) is 0 Å². The van der Waals surface area contributed by atoms with Crippen molar-refractivity contribution in [3.8, 4) is 23.3 Å². The van der Waals surface area contributed by atoms with Crippen LogP contribution in [0.3, 0.4) is 0 Å². The summed E-state index contributed by atoms with van der Waals surface area (Å²) in [7, 11) is 0. The van der Waals surface area contributed by atoms with Gasteiger partial charge in [-0.2, -0.15) is 10.5 Å². The zero-order valence-electron chi connectivity index (χ0n) is 35.9. The molecule has 0 aliphatic heterocycles. The fraction of sp³-hybridized carbons (Fsp3) is 0.138. The molecule has 0 saturated carbocycles. The lowest BCUT2D eigenvalue weighted by Crippen LogP contribution is -2.14. The predicted octanol–water partition coefficient (Wildman–Crippen LogP) is 15.1. The molecule has 0 bridgehead atoms. The topological polar surface area (TPSA) is 60.7 Å². The van der Waals surface area contributed by atoms with Crippen LogP contribution in [-0.2, 0) is 11.8 Å². The summed E-state index contributed by atoms with van der Waals surface area (Å²) in [6.45, 7) is 8.62. The van der Waals surface area contributed by atoms with Gasteiger partial charge < -0.3 is 14.0 Å². The summed E-state index contributed by atoms with van der Waals surface area (Å²) in [5.74, 6) is -0.565. The van der Waals surface area contributed by atoms with E-state index in [2.05, 4.69) is 199 Å². The third-order valence-electron chi connectivity index (χ3n) is 13.6. The van der Waals surface area contributed by atoms with Crippen LogP contribution in [-0.4, -0.2) is 9.13 Å². The SMILES string of the molecule is C/C(=C(C#N)\C=C(/C(C)C#N)n1c2ccc(N(c3ccccc3)c3ccccc3)cc2c2ccc3c(c21)-c1ccccc1C3(C)C)n1c2c(c3c4ccccc4ccc31)CCC=C2. The Kier molecular flexibility index (Phi) is 8.86. The first-order valence-corrected chi connectivity index (χ1v) is 21.9. The van der Waals surface area contributed by atoms with Crippen molar-refractivity contribution in [2.45, 2.75) is 46.0 Å². The number of fused-ring (bicyclic) bond motifs is 12. The van der Waals surface area contributed by atoms with E-state index < -0.39 is 5.92 Å². The molecular formula is C58H45N5. The van der Waals surface area contributed by atoms with Crippen molar-refractivity contribution in [2.75, 3.05) is 4.90 Å². The summed E-state index contributed by atoms with van der Waals surface area (Å²) in [5.41, 5.74) is 15.4. The van der Waals surface area contributed by atoms with Crippen molar-refractivity contribution < 1.29 is 0 Å². The maximum Gasteiger partial charge on any atom is 0.101 e. The van der Waals surface area contributed by atoms with Gasteiger partial charge in [0.25, 0.3) is 0 Å². The molecule has 0 saturated heterocycles. The highest BCUT2D eigenvalue weighted by molar-refractivity contribution is 6.17. The molecule has 7 aromatic carbocycles. The van der Waals surface area contributed by atoms with E-state index >= 15 is 0 Å². The number of hydrogen-bond acceptors (Lipinski definition) is 3. The fourth-order valence-corrected chi connectivity index (χ4v) is 10.6. The van der Waals surface area contributed by atoms with Gasteiger partial charge in [-0.05, 0) is 120 Å². The van der Waals surface area contributed by atoms with Gasteiger partial charge in [-0.15, -0.1) is 0 Å². The minimum atomic E-state index is -0.565. The highest BCUT2D eigenvalue weighted by atomic mass is 15.1. The van der Waals surface area contributed by atoms with E-state index in [1.165, 1.54) is 44.0 Å². The lowest BCUT2D eigenvalue weighted by Gasteiger charge is -2.25. The highest BCUT2D eigenvalue weighted by Crippen LogP contribution is 2.54. The number of aryl methyl sites for hydroxylation is 1. The molecule has 2 heterocycles. The number of nitriles is 2. The summed E-state index contributed by atoms with van der Waals surface area (Å²) in [5, 5.41) is 28.0. The molecule has 2 aliphatic carbocycles. The van der Waals surface area contributed by atoms with E-state index in [-0.39, 0.29) is 5.41 Å². The Morgan fingerprint density at radius 3 is 2.14 bits per heavy atom. The molecule has 0 N–H and O–H groups in total. The second-order valence-electron chi connectivity index (χ2n) is 17.5. The Bertz CT molecular complexity index is 3490. The molecule has 0 radical (unpaired) electrons. The van der Waals surface area contributed by atoms with Crippen molar-refractivity contribution in [1.82, 2.24) is 9.13 Å². The van der Waals surface area contributed by atoms with Crippen molar-refractivity contribution in [2.24, 2.45) is 5.92 Å². The van der Waals surface area contributed by atoms with Gasteiger partial charge >= 0.3 is 0 Å². The van der Waals surface area contributed by atoms with Gasteiger partial charge in [0.05, 0.1) is 34.1 Å². The van der Waals surface area contributed by atoms with Crippen LogP contribution in [0, 0.1) is 28.6 Å². The summed E-state index contributed by atoms with van der Waals surface area (Å²) in [6, 6.07) is 59.2. The molecule has 11 rings (SSSR count). The maximum atomic E-state index is 11.3. The Hall–Kier alpha value is -7.86. The molecule has 5 nitrogen and oxygen atoms in total. The number of anilines is 3. The van der Waals surface area contributed by atoms with E-state index in [9.17, 15) is 10.5 Å². The first-order valence-electron chi connectivity index (χ1n) is 21.9. The van der Waals surface area contributed by atoms with E-state index in [4.69, 9.17) is 0 Å². The first-order chi connectivity index (χ1) is 30.8. The minimum absolute atomic E-state index is 0.241. The molecule has 9 aromatic rings. The zero-order chi connectivity index (χ0) is 43.0. The number of nitrogens with zero attached hydrogens (tertiary/aromatic N) is 5. The Labute approximate surface area is 368 Å². The summed E-state index contributed by atoms with van der Waals surface area (Å²) in [4.78, 5) is 2.29. The number of aromatic nitrogens is 2. The van der Waals surface area contributed by atoms with Gasteiger partial charge in [-0.3, -0.25) is 0 Å². The van der Waals surface area contributed by atoms with Crippen molar-refractivity contribution in [3.63, 3.8) is 0 Å². The van der Waals surface area contributed by atoms with Crippen LogP contribution in [0.5, 0.6) is 0 Å². The van der Waals surface area contributed by atoms with E-state index in [0.29, 0.717) is 5.57 Å². The molecule has 0 fully saturated rings. The molecular weight excluding hydrogens is 767 g/mol. The van der Waals surface area contributed by atoms with E-state index in [0.717, 1.165) is 74.3 Å².